The summed E-state index contributed by atoms with van der Waals surface area (Å²) in [7, 11) is 1.85. The minimum absolute atomic E-state index is 0.108. The second kappa shape index (κ2) is 7.00. The van der Waals surface area contributed by atoms with Crippen LogP contribution in [0.3, 0.4) is 0 Å². The van der Waals surface area contributed by atoms with Gasteiger partial charge in [0, 0.05) is 31.4 Å². The first-order valence-corrected chi connectivity index (χ1v) is 8.73. The second-order valence-corrected chi connectivity index (χ2v) is 6.53. The summed E-state index contributed by atoms with van der Waals surface area (Å²) in [5.41, 5.74) is 4.60. The fourth-order valence-corrected chi connectivity index (χ4v) is 3.27. The monoisotopic (exact) mass is 347 g/mol. The molecule has 0 spiro atoms. The van der Waals surface area contributed by atoms with Gasteiger partial charge in [-0.15, -0.1) is 10.2 Å². The van der Waals surface area contributed by atoms with Gasteiger partial charge in [0.2, 0.25) is 0 Å². The third kappa shape index (κ3) is 3.31. The number of carbonyl (C=O) groups is 1. The van der Waals surface area contributed by atoms with E-state index in [4.69, 9.17) is 0 Å². The van der Waals surface area contributed by atoms with Gasteiger partial charge in [-0.3, -0.25) is 4.79 Å². The Morgan fingerprint density at radius 2 is 1.88 bits per heavy atom. The van der Waals surface area contributed by atoms with E-state index in [9.17, 15) is 4.79 Å². The SMILES string of the molecule is Cn1cnnc1CNC(=O)c1ccc(N2CCc3ccccc3C2)cc1. The number of hydrogen-bond donors (Lipinski definition) is 1. The van der Waals surface area contributed by atoms with Crippen molar-refractivity contribution in [2.24, 2.45) is 7.05 Å². The molecule has 2 heterocycles. The van der Waals surface area contributed by atoms with Crippen LogP contribution >= 0.6 is 0 Å². The Balaban J connectivity index is 1.41. The van der Waals surface area contributed by atoms with Crippen LogP contribution in [0.15, 0.2) is 54.9 Å². The number of aryl methyl sites for hydroxylation is 1. The molecule has 0 saturated heterocycles. The van der Waals surface area contributed by atoms with E-state index in [-0.39, 0.29) is 5.91 Å². The highest BCUT2D eigenvalue weighted by molar-refractivity contribution is 5.94. The van der Waals surface area contributed by atoms with Gasteiger partial charge in [0.1, 0.15) is 6.33 Å². The van der Waals surface area contributed by atoms with Crippen LogP contribution < -0.4 is 10.2 Å². The number of carbonyl (C=O) groups excluding carboxylic acids is 1. The fraction of sp³-hybridized carbons (Fsp3) is 0.250. The number of rotatable bonds is 4. The zero-order valence-electron chi connectivity index (χ0n) is 14.7. The van der Waals surface area contributed by atoms with Crippen molar-refractivity contribution in [3.05, 3.63) is 77.4 Å². The number of benzene rings is 2. The van der Waals surface area contributed by atoms with Crippen LogP contribution in [-0.2, 0) is 26.6 Å². The van der Waals surface area contributed by atoms with Gasteiger partial charge in [0.15, 0.2) is 5.82 Å². The molecule has 0 aliphatic carbocycles. The fourth-order valence-electron chi connectivity index (χ4n) is 3.27. The van der Waals surface area contributed by atoms with Crippen LogP contribution in [0.1, 0.15) is 27.3 Å². The van der Waals surface area contributed by atoms with Crippen molar-refractivity contribution in [3.8, 4) is 0 Å². The van der Waals surface area contributed by atoms with E-state index in [0.29, 0.717) is 12.1 Å². The molecule has 1 aliphatic heterocycles. The number of nitrogens with zero attached hydrogens (tertiary/aromatic N) is 4. The van der Waals surface area contributed by atoms with Gasteiger partial charge < -0.3 is 14.8 Å². The van der Waals surface area contributed by atoms with Gasteiger partial charge in [0.25, 0.3) is 5.91 Å². The van der Waals surface area contributed by atoms with Crippen molar-refractivity contribution in [3.63, 3.8) is 0 Å². The van der Waals surface area contributed by atoms with E-state index in [1.807, 2.05) is 31.3 Å². The van der Waals surface area contributed by atoms with E-state index in [1.165, 1.54) is 11.1 Å². The highest BCUT2D eigenvalue weighted by Crippen LogP contribution is 2.24. The zero-order valence-corrected chi connectivity index (χ0v) is 14.7. The first-order chi connectivity index (χ1) is 12.7. The first kappa shape index (κ1) is 16.3. The van der Waals surface area contributed by atoms with Crippen LogP contribution in [-0.4, -0.2) is 27.2 Å². The van der Waals surface area contributed by atoms with E-state index >= 15 is 0 Å². The molecule has 1 aromatic heterocycles. The van der Waals surface area contributed by atoms with Gasteiger partial charge in [-0.25, -0.2) is 0 Å². The van der Waals surface area contributed by atoms with E-state index in [2.05, 4.69) is 44.7 Å². The molecule has 1 amide bonds. The Hall–Kier alpha value is -3.15. The van der Waals surface area contributed by atoms with Crippen molar-refractivity contribution in [1.82, 2.24) is 20.1 Å². The summed E-state index contributed by atoms with van der Waals surface area (Å²) in [6.07, 6.45) is 2.67. The summed E-state index contributed by atoms with van der Waals surface area (Å²) in [6.45, 7) is 2.27. The van der Waals surface area contributed by atoms with Gasteiger partial charge in [0.05, 0.1) is 6.54 Å². The lowest BCUT2D eigenvalue weighted by atomic mass is 9.99. The Morgan fingerprint density at radius 3 is 2.62 bits per heavy atom. The first-order valence-electron chi connectivity index (χ1n) is 8.73. The molecule has 1 aliphatic rings. The van der Waals surface area contributed by atoms with Gasteiger partial charge in [-0.1, -0.05) is 24.3 Å². The predicted molar refractivity (Wildman–Crippen MR) is 99.8 cm³/mol. The molecule has 6 nitrogen and oxygen atoms in total. The average Bonchev–Trinajstić information content (AvgIpc) is 3.10. The molecule has 1 N–H and O–H groups in total. The molecule has 0 fully saturated rings. The van der Waals surface area contributed by atoms with Gasteiger partial charge in [-0.2, -0.15) is 0 Å². The molecule has 0 unspecified atom stereocenters. The highest BCUT2D eigenvalue weighted by Gasteiger charge is 2.16. The number of amides is 1. The third-order valence-electron chi connectivity index (χ3n) is 4.84. The van der Waals surface area contributed by atoms with Crippen molar-refractivity contribution < 1.29 is 4.79 Å². The van der Waals surface area contributed by atoms with Crippen molar-refractivity contribution in [1.29, 1.82) is 0 Å². The average molecular weight is 347 g/mol. The van der Waals surface area contributed by atoms with Gasteiger partial charge in [-0.05, 0) is 41.8 Å². The minimum Gasteiger partial charge on any atom is -0.367 e. The molecular formula is C20H21N5O. The summed E-state index contributed by atoms with van der Waals surface area (Å²) in [4.78, 5) is 14.7. The lowest BCUT2D eigenvalue weighted by Gasteiger charge is -2.30. The molecule has 4 rings (SSSR count). The number of anilines is 1. The molecular weight excluding hydrogens is 326 g/mol. The quantitative estimate of drug-likeness (QED) is 0.787. The largest absolute Gasteiger partial charge is 0.367 e. The highest BCUT2D eigenvalue weighted by atomic mass is 16.1. The van der Waals surface area contributed by atoms with E-state index in [1.54, 1.807) is 10.9 Å². The minimum atomic E-state index is -0.108. The zero-order chi connectivity index (χ0) is 17.9. The van der Waals surface area contributed by atoms with E-state index < -0.39 is 0 Å². The van der Waals surface area contributed by atoms with Crippen LogP contribution in [0.4, 0.5) is 5.69 Å². The molecule has 2 aromatic carbocycles. The summed E-state index contributed by atoms with van der Waals surface area (Å²) >= 11 is 0. The molecule has 26 heavy (non-hydrogen) atoms. The van der Waals surface area contributed by atoms with E-state index in [0.717, 1.165) is 31.0 Å². The summed E-state index contributed by atoms with van der Waals surface area (Å²) in [5.74, 6) is 0.616. The maximum atomic E-state index is 12.3. The molecule has 6 heteroatoms. The second-order valence-electron chi connectivity index (χ2n) is 6.53. The molecule has 0 atom stereocenters. The Labute approximate surface area is 152 Å². The molecule has 0 radical (unpaired) electrons. The smallest absolute Gasteiger partial charge is 0.251 e. The summed E-state index contributed by atoms with van der Waals surface area (Å²) < 4.78 is 1.79. The standard InChI is InChI=1S/C20H21N5O/c1-24-14-22-23-19(24)12-21-20(26)16-6-8-18(9-7-16)25-11-10-15-4-2-3-5-17(15)13-25/h2-9,14H,10-13H2,1H3,(H,21,26). The van der Waals surface area contributed by atoms with Gasteiger partial charge >= 0.3 is 0 Å². The lowest BCUT2D eigenvalue weighted by Crippen LogP contribution is -2.30. The Kier molecular flexibility index (Phi) is 4.39. The van der Waals surface area contributed by atoms with Crippen molar-refractivity contribution in [2.45, 2.75) is 19.5 Å². The maximum absolute atomic E-state index is 12.3. The molecule has 0 bridgehead atoms. The lowest BCUT2D eigenvalue weighted by molar-refractivity contribution is 0.0949. The van der Waals surface area contributed by atoms with Crippen LogP contribution in [0, 0.1) is 0 Å². The number of nitrogens with one attached hydrogen (secondary N) is 1. The third-order valence-corrected chi connectivity index (χ3v) is 4.84. The molecule has 0 saturated carbocycles. The van der Waals surface area contributed by atoms with Crippen molar-refractivity contribution >= 4 is 11.6 Å². The summed E-state index contributed by atoms with van der Waals surface area (Å²) in [6, 6.07) is 16.4. The molecule has 132 valence electrons. The normalized spacial score (nSPS) is 13.3. The number of hydrogen-bond acceptors (Lipinski definition) is 4. The Morgan fingerprint density at radius 1 is 1.12 bits per heavy atom. The van der Waals surface area contributed by atoms with Crippen molar-refractivity contribution in [2.75, 3.05) is 11.4 Å². The molecule has 3 aromatic rings. The number of fused-ring (bicyclic) bond motifs is 1. The summed E-state index contributed by atoms with van der Waals surface area (Å²) in [5, 5.41) is 10.7. The topological polar surface area (TPSA) is 63.1 Å². The number of aromatic nitrogens is 3. The van der Waals surface area contributed by atoms with Crippen LogP contribution in [0.2, 0.25) is 0 Å². The van der Waals surface area contributed by atoms with Crippen LogP contribution in [0.5, 0.6) is 0 Å². The predicted octanol–water partition coefficient (Wildman–Crippen LogP) is 2.31. The van der Waals surface area contributed by atoms with Crippen LogP contribution in [0.25, 0.3) is 0 Å². The Bertz CT molecular complexity index is 916. The maximum Gasteiger partial charge on any atom is 0.251 e.